The summed E-state index contributed by atoms with van der Waals surface area (Å²) in [6.07, 6.45) is 7.86. The number of fused-ring (bicyclic) bond motifs is 2. The van der Waals surface area contributed by atoms with Gasteiger partial charge in [-0.15, -0.1) is 12.4 Å². The van der Waals surface area contributed by atoms with Gasteiger partial charge in [-0.05, 0) is 56.2 Å². The Hall–Kier alpha value is -0.580. The lowest BCUT2D eigenvalue weighted by atomic mass is 9.63. The third-order valence-electron chi connectivity index (χ3n) is 5.85. The molecule has 2 saturated heterocycles. The van der Waals surface area contributed by atoms with E-state index in [4.69, 9.17) is 0 Å². The molecule has 0 spiro atoms. The fraction of sp³-hybridized carbons (Fsp3) is 0.611. The Morgan fingerprint density at radius 3 is 2.26 bits per heavy atom. The van der Waals surface area contributed by atoms with Crippen molar-refractivity contribution in [2.24, 2.45) is 0 Å². The minimum Gasteiger partial charge on any atom is -0.352 e. The lowest BCUT2D eigenvalue weighted by Crippen LogP contribution is -2.55. The second-order valence-corrected chi connectivity index (χ2v) is 8.14. The molecule has 5 heteroatoms. The zero-order valence-corrected chi connectivity index (χ0v) is 15.6. The Kier molecular flexibility index (Phi) is 5.05. The predicted octanol–water partition coefficient (Wildman–Crippen LogP) is 3.69. The molecule has 2 atom stereocenters. The summed E-state index contributed by atoms with van der Waals surface area (Å²) in [5.74, 6) is 0.257. The van der Waals surface area contributed by atoms with Gasteiger partial charge in [0.25, 0.3) is 0 Å². The van der Waals surface area contributed by atoms with Crippen molar-refractivity contribution in [3.05, 3.63) is 34.3 Å². The standard InChI is InChI=1S/C18H23BrN2O.ClH/c19-13-4-2-12(3-5-13)18(8-1-9-18)17(22)21-16-10-14-6-7-15(11-16)20-14;/h2-5,14-16,20H,1,6-11H2,(H,21,22);1H. The van der Waals surface area contributed by atoms with Crippen LogP contribution >= 0.6 is 28.3 Å². The van der Waals surface area contributed by atoms with Crippen LogP contribution in [0, 0.1) is 0 Å². The van der Waals surface area contributed by atoms with Crippen LogP contribution in [0.4, 0.5) is 0 Å². The first-order valence-corrected chi connectivity index (χ1v) is 9.28. The van der Waals surface area contributed by atoms with Gasteiger partial charge in [-0.2, -0.15) is 0 Å². The molecule has 3 nitrogen and oxygen atoms in total. The van der Waals surface area contributed by atoms with E-state index >= 15 is 0 Å². The van der Waals surface area contributed by atoms with Gasteiger partial charge in [0.2, 0.25) is 5.91 Å². The Bertz CT molecular complexity index is 561. The normalized spacial score (nSPS) is 30.9. The van der Waals surface area contributed by atoms with Crippen molar-refractivity contribution in [3.63, 3.8) is 0 Å². The smallest absolute Gasteiger partial charge is 0.230 e. The largest absolute Gasteiger partial charge is 0.352 e. The van der Waals surface area contributed by atoms with Gasteiger partial charge >= 0.3 is 0 Å². The number of hydrogen-bond donors (Lipinski definition) is 2. The average Bonchev–Trinajstić information content (AvgIpc) is 2.79. The summed E-state index contributed by atoms with van der Waals surface area (Å²) in [4.78, 5) is 13.0. The van der Waals surface area contributed by atoms with E-state index in [-0.39, 0.29) is 23.7 Å². The minimum absolute atomic E-state index is 0. The molecular weight excluding hydrogens is 376 g/mol. The first-order valence-electron chi connectivity index (χ1n) is 8.49. The van der Waals surface area contributed by atoms with Crippen LogP contribution in [0.1, 0.15) is 50.5 Å². The molecule has 3 fully saturated rings. The molecule has 126 valence electrons. The summed E-state index contributed by atoms with van der Waals surface area (Å²) in [5.41, 5.74) is 0.904. The molecule has 0 aromatic heterocycles. The van der Waals surface area contributed by atoms with Crippen LogP contribution < -0.4 is 10.6 Å². The number of rotatable bonds is 3. The molecule has 1 aliphatic carbocycles. The number of halogens is 2. The van der Waals surface area contributed by atoms with Gasteiger partial charge in [-0.25, -0.2) is 0 Å². The number of piperidine rings is 1. The molecule has 2 aliphatic heterocycles. The summed E-state index contributed by atoms with van der Waals surface area (Å²) in [7, 11) is 0. The Labute approximate surface area is 152 Å². The lowest BCUT2D eigenvalue weighted by molar-refractivity contribution is -0.131. The van der Waals surface area contributed by atoms with E-state index in [0.717, 1.165) is 36.6 Å². The van der Waals surface area contributed by atoms with Crippen LogP contribution in [-0.4, -0.2) is 24.0 Å². The quantitative estimate of drug-likeness (QED) is 0.814. The van der Waals surface area contributed by atoms with Gasteiger partial charge in [0.15, 0.2) is 0 Å². The Morgan fingerprint density at radius 2 is 1.74 bits per heavy atom. The molecular formula is C18H24BrClN2O. The Balaban J connectivity index is 0.00000156. The van der Waals surface area contributed by atoms with Crippen LogP contribution in [-0.2, 0) is 10.2 Å². The molecule has 4 rings (SSSR count). The van der Waals surface area contributed by atoms with Gasteiger partial charge in [0.1, 0.15) is 0 Å². The highest BCUT2D eigenvalue weighted by atomic mass is 79.9. The van der Waals surface area contributed by atoms with Crippen LogP contribution in [0.25, 0.3) is 0 Å². The topological polar surface area (TPSA) is 41.1 Å². The second kappa shape index (κ2) is 6.73. The Morgan fingerprint density at radius 1 is 1.13 bits per heavy atom. The van der Waals surface area contributed by atoms with E-state index in [0.29, 0.717) is 18.1 Å². The highest BCUT2D eigenvalue weighted by molar-refractivity contribution is 9.10. The number of benzene rings is 1. The van der Waals surface area contributed by atoms with Gasteiger partial charge in [0, 0.05) is 22.6 Å². The maximum atomic E-state index is 13.0. The van der Waals surface area contributed by atoms with Crippen molar-refractivity contribution < 1.29 is 4.79 Å². The summed E-state index contributed by atoms with van der Waals surface area (Å²) >= 11 is 3.48. The first-order chi connectivity index (χ1) is 10.7. The third-order valence-corrected chi connectivity index (χ3v) is 6.38. The van der Waals surface area contributed by atoms with Crippen molar-refractivity contribution in [1.29, 1.82) is 0 Å². The maximum absolute atomic E-state index is 13.0. The highest BCUT2D eigenvalue weighted by Crippen LogP contribution is 2.44. The number of hydrogen-bond acceptors (Lipinski definition) is 2. The first kappa shape index (κ1) is 17.2. The molecule has 2 unspecified atom stereocenters. The predicted molar refractivity (Wildman–Crippen MR) is 98.0 cm³/mol. The molecule has 1 aromatic carbocycles. The van der Waals surface area contributed by atoms with E-state index < -0.39 is 0 Å². The van der Waals surface area contributed by atoms with Gasteiger partial charge < -0.3 is 10.6 Å². The number of amides is 1. The van der Waals surface area contributed by atoms with E-state index in [1.165, 1.54) is 18.4 Å². The summed E-state index contributed by atoms with van der Waals surface area (Å²) in [6.45, 7) is 0. The molecule has 1 saturated carbocycles. The lowest BCUT2D eigenvalue weighted by Gasteiger charge is -2.42. The molecule has 2 N–H and O–H groups in total. The van der Waals surface area contributed by atoms with Gasteiger partial charge in [0.05, 0.1) is 5.41 Å². The fourth-order valence-electron chi connectivity index (χ4n) is 4.44. The van der Waals surface area contributed by atoms with E-state index in [2.05, 4.69) is 38.7 Å². The minimum atomic E-state index is -0.273. The summed E-state index contributed by atoms with van der Waals surface area (Å²) < 4.78 is 1.07. The van der Waals surface area contributed by atoms with Crippen LogP contribution in [0.2, 0.25) is 0 Å². The number of carbonyl (C=O) groups excluding carboxylic acids is 1. The molecule has 2 heterocycles. The van der Waals surface area contributed by atoms with Crippen LogP contribution in [0.3, 0.4) is 0 Å². The summed E-state index contributed by atoms with van der Waals surface area (Å²) in [5, 5.41) is 7.03. The highest BCUT2D eigenvalue weighted by Gasteiger charge is 2.46. The van der Waals surface area contributed by atoms with E-state index in [1.807, 2.05) is 12.1 Å². The molecule has 1 aromatic rings. The molecule has 3 aliphatic rings. The second-order valence-electron chi connectivity index (χ2n) is 7.22. The third kappa shape index (κ3) is 3.18. The van der Waals surface area contributed by atoms with Crippen molar-refractivity contribution in [3.8, 4) is 0 Å². The monoisotopic (exact) mass is 398 g/mol. The average molecular weight is 400 g/mol. The molecule has 1 amide bonds. The molecule has 2 bridgehead atoms. The van der Waals surface area contributed by atoms with Crippen molar-refractivity contribution >= 4 is 34.2 Å². The maximum Gasteiger partial charge on any atom is 0.230 e. The molecule has 23 heavy (non-hydrogen) atoms. The zero-order valence-electron chi connectivity index (χ0n) is 13.2. The van der Waals surface area contributed by atoms with Crippen LogP contribution in [0.5, 0.6) is 0 Å². The number of carbonyl (C=O) groups is 1. The fourth-order valence-corrected chi connectivity index (χ4v) is 4.71. The number of nitrogens with one attached hydrogen (secondary N) is 2. The van der Waals surface area contributed by atoms with Crippen LogP contribution in [0.15, 0.2) is 28.7 Å². The molecule has 0 radical (unpaired) electrons. The van der Waals surface area contributed by atoms with E-state index in [9.17, 15) is 4.79 Å². The van der Waals surface area contributed by atoms with E-state index in [1.54, 1.807) is 0 Å². The van der Waals surface area contributed by atoms with Gasteiger partial charge in [-0.3, -0.25) is 4.79 Å². The van der Waals surface area contributed by atoms with Crippen molar-refractivity contribution in [2.75, 3.05) is 0 Å². The zero-order chi connectivity index (χ0) is 15.2. The van der Waals surface area contributed by atoms with Crippen molar-refractivity contribution in [2.45, 2.75) is 68.5 Å². The van der Waals surface area contributed by atoms with Gasteiger partial charge in [-0.1, -0.05) is 34.5 Å². The summed E-state index contributed by atoms with van der Waals surface area (Å²) in [6, 6.07) is 9.91. The van der Waals surface area contributed by atoms with Crippen molar-refractivity contribution in [1.82, 2.24) is 10.6 Å². The SMILES string of the molecule is Cl.O=C(NC1CC2CCC(C1)N2)C1(c2ccc(Br)cc2)CCC1.